The number of hydrogen-bond acceptors (Lipinski definition) is 3. The van der Waals surface area contributed by atoms with Gasteiger partial charge in [-0.15, -0.1) is 0 Å². The van der Waals surface area contributed by atoms with Crippen LogP contribution < -0.4 is 9.47 Å². The van der Waals surface area contributed by atoms with Crippen LogP contribution in [0.2, 0.25) is 0 Å². The number of methoxy groups -OCH3 is 1. The molecule has 1 amide bonds. The third kappa shape index (κ3) is 3.62. The Hall–Kier alpha value is -1.71. The second-order valence-electron chi connectivity index (χ2n) is 6.68. The van der Waals surface area contributed by atoms with Crippen molar-refractivity contribution in [1.29, 1.82) is 0 Å². The van der Waals surface area contributed by atoms with Gasteiger partial charge in [-0.1, -0.05) is 13.0 Å². The molecule has 4 heteroatoms. The van der Waals surface area contributed by atoms with Crippen molar-refractivity contribution in [3.05, 3.63) is 23.8 Å². The Balaban J connectivity index is 1.76. The van der Waals surface area contributed by atoms with Gasteiger partial charge in [-0.05, 0) is 49.8 Å². The highest BCUT2D eigenvalue weighted by Gasteiger charge is 2.30. The van der Waals surface area contributed by atoms with Gasteiger partial charge in [0.25, 0.3) is 0 Å². The first-order valence-electron chi connectivity index (χ1n) is 8.83. The molecule has 1 heterocycles. The Morgan fingerprint density at radius 3 is 2.70 bits per heavy atom. The largest absolute Gasteiger partial charge is 0.493 e. The van der Waals surface area contributed by atoms with Crippen LogP contribution in [0, 0.1) is 0 Å². The van der Waals surface area contributed by atoms with E-state index in [2.05, 4.69) is 19.1 Å². The fourth-order valence-electron chi connectivity index (χ4n) is 3.71. The van der Waals surface area contributed by atoms with Gasteiger partial charge in [-0.3, -0.25) is 4.79 Å². The topological polar surface area (TPSA) is 38.8 Å². The number of likely N-dealkylation sites (tertiary alicyclic amines) is 1. The minimum absolute atomic E-state index is 0.269. The van der Waals surface area contributed by atoms with Gasteiger partial charge >= 0.3 is 0 Å². The summed E-state index contributed by atoms with van der Waals surface area (Å²) >= 11 is 0. The Kier molecular flexibility index (Phi) is 5.09. The van der Waals surface area contributed by atoms with Crippen molar-refractivity contribution < 1.29 is 14.3 Å². The van der Waals surface area contributed by atoms with Crippen LogP contribution >= 0.6 is 0 Å². The van der Waals surface area contributed by atoms with E-state index in [9.17, 15) is 4.79 Å². The quantitative estimate of drug-likeness (QED) is 0.802. The summed E-state index contributed by atoms with van der Waals surface area (Å²) in [6.07, 6.45) is 6.66. The first-order chi connectivity index (χ1) is 11.2. The van der Waals surface area contributed by atoms with Crippen molar-refractivity contribution >= 4 is 5.91 Å². The molecule has 4 nitrogen and oxygen atoms in total. The van der Waals surface area contributed by atoms with Gasteiger partial charge in [0.15, 0.2) is 11.5 Å². The van der Waals surface area contributed by atoms with Gasteiger partial charge in [0.2, 0.25) is 5.91 Å². The molecule has 1 saturated heterocycles. The van der Waals surface area contributed by atoms with Crippen LogP contribution in [0.3, 0.4) is 0 Å². The second-order valence-corrected chi connectivity index (χ2v) is 6.68. The monoisotopic (exact) mass is 317 g/mol. The molecular formula is C19H27NO3. The molecule has 0 N–H and O–H groups in total. The van der Waals surface area contributed by atoms with Crippen LogP contribution in [0.25, 0.3) is 0 Å². The predicted octanol–water partition coefficient (Wildman–Crippen LogP) is 3.74. The molecule has 2 fully saturated rings. The zero-order valence-corrected chi connectivity index (χ0v) is 14.2. The van der Waals surface area contributed by atoms with E-state index in [-0.39, 0.29) is 11.8 Å². The SMILES string of the molecule is CCCN1CC(c2ccc(OC)c(OC3CCCC3)c2)CC1=O. The number of rotatable bonds is 6. The van der Waals surface area contributed by atoms with Gasteiger partial charge in [0.1, 0.15) is 0 Å². The molecule has 1 unspecified atom stereocenters. The molecule has 2 aliphatic rings. The third-order valence-corrected chi connectivity index (χ3v) is 4.96. The van der Waals surface area contributed by atoms with Crippen LogP contribution in [0.15, 0.2) is 18.2 Å². The molecule has 1 aliphatic carbocycles. The fraction of sp³-hybridized carbons (Fsp3) is 0.632. The van der Waals surface area contributed by atoms with Crippen LogP contribution in [-0.4, -0.2) is 37.1 Å². The lowest BCUT2D eigenvalue weighted by Gasteiger charge is -2.19. The highest BCUT2D eigenvalue weighted by atomic mass is 16.5. The molecule has 1 aromatic rings. The highest BCUT2D eigenvalue weighted by molar-refractivity contribution is 5.79. The normalized spacial score (nSPS) is 21.9. The van der Waals surface area contributed by atoms with E-state index in [1.165, 1.54) is 18.4 Å². The Labute approximate surface area is 138 Å². The second kappa shape index (κ2) is 7.24. The van der Waals surface area contributed by atoms with Gasteiger partial charge in [-0.2, -0.15) is 0 Å². The van der Waals surface area contributed by atoms with E-state index in [1.54, 1.807) is 7.11 Å². The lowest BCUT2D eigenvalue weighted by atomic mass is 9.98. The van der Waals surface area contributed by atoms with Crippen molar-refractivity contribution in [1.82, 2.24) is 4.90 Å². The number of amides is 1. The maximum atomic E-state index is 12.1. The molecule has 1 aliphatic heterocycles. The van der Waals surface area contributed by atoms with Crippen molar-refractivity contribution in [2.24, 2.45) is 0 Å². The molecule has 0 radical (unpaired) electrons. The highest BCUT2D eigenvalue weighted by Crippen LogP contribution is 2.36. The molecule has 1 atom stereocenters. The summed E-state index contributed by atoms with van der Waals surface area (Å²) in [5.74, 6) is 2.16. The number of carbonyl (C=O) groups is 1. The van der Waals surface area contributed by atoms with E-state index in [0.29, 0.717) is 12.5 Å². The van der Waals surface area contributed by atoms with Crippen molar-refractivity contribution in [3.63, 3.8) is 0 Å². The summed E-state index contributed by atoms with van der Waals surface area (Å²) in [6, 6.07) is 6.14. The van der Waals surface area contributed by atoms with Crippen LogP contribution in [0.5, 0.6) is 11.5 Å². The number of benzene rings is 1. The van der Waals surface area contributed by atoms with Crippen LogP contribution in [0.1, 0.15) is 56.9 Å². The Morgan fingerprint density at radius 2 is 2.00 bits per heavy atom. The molecular weight excluding hydrogens is 290 g/mol. The van der Waals surface area contributed by atoms with Crippen molar-refractivity contribution in [2.45, 2.75) is 57.5 Å². The van der Waals surface area contributed by atoms with Gasteiger partial charge in [0, 0.05) is 25.4 Å². The molecule has 0 spiro atoms. The third-order valence-electron chi connectivity index (χ3n) is 4.96. The summed E-state index contributed by atoms with van der Waals surface area (Å²) < 4.78 is 11.6. The summed E-state index contributed by atoms with van der Waals surface area (Å²) in [4.78, 5) is 14.1. The van der Waals surface area contributed by atoms with Crippen molar-refractivity contribution in [3.8, 4) is 11.5 Å². The minimum Gasteiger partial charge on any atom is -0.493 e. The van der Waals surface area contributed by atoms with Gasteiger partial charge in [0.05, 0.1) is 13.2 Å². The lowest BCUT2D eigenvalue weighted by molar-refractivity contribution is -0.127. The smallest absolute Gasteiger partial charge is 0.223 e. The van der Waals surface area contributed by atoms with Crippen LogP contribution in [0.4, 0.5) is 0 Å². The molecule has 3 rings (SSSR count). The van der Waals surface area contributed by atoms with E-state index >= 15 is 0 Å². The summed E-state index contributed by atoms with van der Waals surface area (Å²) in [6.45, 7) is 3.79. The Bertz CT molecular complexity index is 552. The number of ether oxygens (including phenoxy) is 2. The fourth-order valence-corrected chi connectivity index (χ4v) is 3.71. The first kappa shape index (κ1) is 16.2. The average Bonchev–Trinajstić information content (AvgIpc) is 3.18. The molecule has 0 aromatic heterocycles. The standard InChI is InChI=1S/C19H27NO3/c1-3-10-20-13-15(12-19(20)21)14-8-9-17(22-2)18(11-14)23-16-6-4-5-7-16/h8-9,11,15-16H,3-7,10,12-13H2,1-2H3. The van der Waals surface area contributed by atoms with E-state index in [4.69, 9.17) is 9.47 Å². The summed E-state index contributed by atoms with van der Waals surface area (Å²) in [5.41, 5.74) is 1.19. The maximum Gasteiger partial charge on any atom is 0.223 e. The number of hydrogen-bond donors (Lipinski definition) is 0. The molecule has 1 aromatic carbocycles. The van der Waals surface area contributed by atoms with E-state index in [0.717, 1.165) is 43.9 Å². The first-order valence-corrected chi connectivity index (χ1v) is 8.83. The number of nitrogens with zero attached hydrogens (tertiary/aromatic N) is 1. The Morgan fingerprint density at radius 1 is 1.22 bits per heavy atom. The van der Waals surface area contributed by atoms with Crippen LogP contribution in [-0.2, 0) is 4.79 Å². The zero-order valence-electron chi connectivity index (χ0n) is 14.2. The number of carbonyl (C=O) groups excluding carboxylic acids is 1. The minimum atomic E-state index is 0.269. The summed E-state index contributed by atoms with van der Waals surface area (Å²) in [5, 5.41) is 0. The predicted molar refractivity (Wildman–Crippen MR) is 90.1 cm³/mol. The average molecular weight is 317 g/mol. The lowest BCUT2D eigenvalue weighted by Crippen LogP contribution is -2.25. The zero-order chi connectivity index (χ0) is 16.2. The van der Waals surface area contributed by atoms with E-state index in [1.807, 2.05) is 11.0 Å². The van der Waals surface area contributed by atoms with Gasteiger partial charge < -0.3 is 14.4 Å². The van der Waals surface area contributed by atoms with Gasteiger partial charge in [-0.25, -0.2) is 0 Å². The molecule has 1 saturated carbocycles. The molecule has 23 heavy (non-hydrogen) atoms. The van der Waals surface area contributed by atoms with E-state index < -0.39 is 0 Å². The van der Waals surface area contributed by atoms with Crippen molar-refractivity contribution in [2.75, 3.05) is 20.2 Å². The molecule has 0 bridgehead atoms. The maximum absolute atomic E-state index is 12.1. The summed E-state index contributed by atoms with van der Waals surface area (Å²) in [7, 11) is 1.68. The molecule has 126 valence electrons.